The third kappa shape index (κ3) is 6.35. The molecular formula is C18H27ClN2O3S2. The Hall–Kier alpha value is -0.920. The second-order valence-electron chi connectivity index (χ2n) is 6.63. The van der Waals surface area contributed by atoms with Gasteiger partial charge >= 0.3 is 0 Å². The Kier molecular flexibility index (Phi) is 8.10. The number of carbonyl (C=O) groups excluding carboxylic acids is 1. The smallest absolute Gasteiger partial charge is 0.240 e. The van der Waals surface area contributed by atoms with Crippen LogP contribution in [0.3, 0.4) is 0 Å². The predicted molar refractivity (Wildman–Crippen MR) is 111 cm³/mol. The van der Waals surface area contributed by atoms with Gasteiger partial charge in [-0.2, -0.15) is 11.8 Å². The van der Waals surface area contributed by atoms with Crippen LogP contribution in [-0.4, -0.2) is 44.7 Å². The first-order valence-corrected chi connectivity index (χ1v) is 12.2. The average molecular weight is 419 g/mol. The summed E-state index contributed by atoms with van der Waals surface area (Å²) in [6.07, 6.45) is 7.54. The summed E-state index contributed by atoms with van der Waals surface area (Å²) in [6, 6.07) is 5.04. The average Bonchev–Trinajstić information content (AvgIpc) is 2.59. The molecule has 0 bridgehead atoms. The van der Waals surface area contributed by atoms with Crippen LogP contribution in [0.1, 0.15) is 37.7 Å². The highest BCUT2D eigenvalue weighted by Gasteiger charge is 2.23. The van der Waals surface area contributed by atoms with Crippen LogP contribution < -0.4 is 9.62 Å². The van der Waals surface area contributed by atoms with Crippen molar-refractivity contribution in [2.75, 3.05) is 29.4 Å². The molecule has 8 heteroatoms. The van der Waals surface area contributed by atoms with Crippen molar-refractivity contribution < 1.29 is 13.2 Å². The second kappa shape index (κ2) is 9.85. The molecule has 1 aromatic carbocycles. The van der Waals surface area contributed by atoms with E-state index in [1.165, 1.54) is 32.1 Å². The molecule has 0 aliphatic heterocycles. The summed E-state index contributed by atoms with van der Waals surface area (Å²) < 4.78 is 25.4. The Morgan fingerprint density at radius 2 is 2.00 bits per heavy atom. The van der Waals surface area contributed by atoms with Gasteiger partial charge in [-0.05, 0) is 37.5 Å². The van der Waals surface area contributed by atoms with Gasteiger partial charge < -0.3 is 5.32 Å². The van der Waals surface area contributed by atoms with Crippen molar-refractivity contribution in [3.8, 4) is 0 Å². The summed E-state index contributed by atoms with van der Waals surface area (Å²) in [7, 11) is -3.59. The molecule has 1 amide bonds. The fraction of sp³-hybridized carbons (Fsp3) is 0.611. The fourth-order valence-electron chi connectivity index (χ4n) is 3.08. The molecule has 0 atom stereocenters. The van der Waals surface area contributed by atoms with E-state index in [0.29, 0.717) is 28.1 Å². The number of thioether (sulfide) groups is 1. The van der Waals surface area contributed by atoms with Gasteiger partial charge in [0, 0.05) is 22.6 Å². The molecule has 1 aliphatic rings. The lowest BCUT2D eigenvalue weighted by Crippen LogP contribution is -2.41. The SMILES string of the molecule is Cc1c(Cl)cccc1N(CC(=O)NCCSC1CCCCC1)S(C)(=O)=O. The highest BCUT2D eigenvalue weighted by atomic mass is 35.5. The highest BCUT2D eigenvalue weighted by Crippen LogP contribution is 2.29. The zero-order chi connectivity index (χ0) is 19.2. The Morgan fingerprint density at radius 1 is 1.31 bits per heavy atom. The standard InChI is InChI=1S/C18H27ClN2O3S2/c1-14-16(19)9-6-10-17(14)21(26(2,23)24)13-18(22)20-11-12-25-15-7-4-3-5-8-15/h6,9-10,15H,3-5,7-8,11-13H2,1-2H3,(H,20,22). The first-order chi connectivity index (χ1) is 12.3. The maximum absolute atomic E-state index is 12.3. The van der Waals surface area contributed by atoms with Crippen LogP contribution in [-0.2, 0) is 14.8 Å². The van der Waals surface area contributed by atoms with Gasteiger partial charge in [-0.15, -0.1) is 0 Å². The number of amides is 1. The molecule has 0 spiro atoms. The zero-order valence-electron chi connectivity index (χ0n) is 15.3. The largest absolute Gasteiger partial charge is 0.354 e. The summed E-state index contributed by atoms with van der Waals surface area (Å²) in [5, 5.41) is 4.00. The van der Waals surface area contributed by atoms with Crippen molar-refractivity contribution in [1.82, 2.24) is 5.32 Å². The molecule has 2 rings (SSSR count). The quantitative estimate of drug-likeness (QED) is 0.655. The molecule has 1 fully saturated rings. The third-order valence-corrected chi connectivity index (χ3v) is 7.44. The molecule has 0 radical (unpaired) electrons. The first kappa shape index (κ1) is 21.4. The van der Waals surface area contributed by atoms with Gasteiger partial charge in [0.1, 0.15) is 6.54 Å². The Morgan fingerprint density at radius 3 is 2.65 bits per heavy atom. The lowest BCUT2D eigenvalue weighted by Gasteiger charge is -2.24. The van der Waals surface area contributed by atoms with Crippen LogP contribution >= 0.6 is 23.4 Å². The van der Waals surface area contributed by atoms with E-state index in [2.05, 4.69) is 5.32 Å². The number of sulfonamides is 1. The summed E-state index contributed by atoms with van der Waals surface area (Å²) >= 11 is 8.00. The van der Waals surface area contributed by atoms with Crippen LogP contribution in [0.4, 0.5) is 5.69 Å². The molecule has 146 valence electrons. The Balaban J connectivity index is 1.89. The Bertz CT molecular complexity index is 719. The van der Waals surface area contributed by atoms with E-state index in [-0.39, 0.29) is 12.5 Å². The highest BCUT2D eigenvalue weighted by molar-refractivity contribution is 7.99. The van der Waals surface area contributed by atoms with E-state index in [1.54, 1.807) is 25.1 Å². The van der Waals surface area contributed by atoms with Crippen molar-refractivity contribution in [2.45, 2.75) is 44.3 Å². The lowest BCUT2D eigenvalue weighted by atomic mass is 10.0. The normalized spacial score (nSPS) is 15.7. The van der Waals surface area contributed by atoms with E-state index in [0.717, 1.165) is 16.3 Å². The molecule has 1 aliphatic carbocycles. The van der Waals surface area contributed by atoms with Crippen LogP contribution in [0.15, 0.2) is 18.2 Å². The summed E-state index contributed by atoms with van der Waals surface area (Å²) in [5.74, 6) is 0.546. The minimum absolute atomic E-state index is 0.242. The minimum Gasteiger partial charge on any atom is -0.354 e. The van der Waals surface area contributed by atoms with E-state index < -0.39 is 10.0 Å². The molecule has 1 N–H and O–H groups in total. The van der Waals surface area contributed by atoms with Gasteiger partial charge in [-0.3, -0.25) is 9.10 Å². The second-order valence-corrected chi connectivity index (χ2v) is 10.4. The number of benzene rings is 1. The van der Waals surface area contributed by atoms with E-state index in [9.17, 15) is 13.2 Å². The van der Waals surface area contributed by atoms with Crippen molar-refractivity contribution in [3.05, 3.63) is 28.8 Å². The van der Waals surface area contributed by atoms with E-state index >= 15 is 0 Å². The fourth-order valence-corrected chi connectivity index (χ4v) is 5.38. The number of anilines is 1. The van der Waals surface area contributed by atoms with Crippen LogP contribution in [0.5, 0.6) is 0 Å². The summed E-state index contributed by atoms with van der Waals surface area (Å²) in [6.45, 7) is 2.05. The Labute approximate surface area is 165 Å². The predicted octanol–water partition coefficient (Wildman–Crippen LogP) is 3.60. The van der Waals surface area contributed by atoms with Gasteiger partial charge in [0.15, 0.2) is 0 Å². The maximum Gasteiger partial charge on any atom is 0.240 e. The summed E-state index contributed by atoms with van der Waals surface area (Å²) in [4.78, 5) is 12.3. The van der Waals surface area contributed by atoms with Crippen LogP contribution in [0.2, 0.25) is 5.02 Å². The van der Waals surface area contributed by atoms with Crippen LogP contribution in [0.25, 0.3) is 0 Å². The number of halogens is 1. The monoisotopic (exact) mass is 418 g/mol. The van der Waals surface area contributed by atoms with Crippen molar-refractivity contribution in [1.29, 1.82) is 0 Å². The van der Waals surface area contributed by atoms with Gasteiger partial charge in [-0.1, -0.05) is 36.9 Å². The van der Waals surface area contributed by atoms with Crippen LogP contribution in [0, 0.1) is 6.92 Å². The van der Waals surface area contributed by atoms with Gasteiger partial charge in [-0.25, -0.2) is 8.42 Å². The molecule has 0 unspecified atom stereocenters. The van der Waals surface area contributed by atoms with E-state index in [1.807, 2.05) is 11.8 Å². The summed E-state index contributed by atoms with van der Waals surface area (Å²) in [5.41, 5.74) is 1.08. The number of rotatable bonds is 8. The molecule has 1 aromatic rings. The molecule has 5 nitrogen and oxygen atoms in total. The molecule has 26 heavy (non-hydrogen) atoms. The maximum atomic E-state index is 12.3. The number of nitrogens with zero attached hydrogens (tertiary/aromatic N) is 1. The molecular weight excluding hydrogens is 392 g/mol. The number of carbonyl (C=O) groups is 1. The lowest BCUT2D eigenvalue weighted by molar-refractivity contribution is -0.119. The van der Waals surface area contributed by atoms with Crippen molar-refractivity contribution in [3.63, 3.8) is 0 Å². The minimum atomic E-state index is -3.59. The van der Waals surface area contributed by atoms with Gasteiger partial charge in [0.25, 0.3) is 0 Å². The molecule has 0 aromatic heterocycles. The zero-order valence-corrected chi connectivity index (χ0v) is 17.7. The van der Waals surface area contributed by atoms with Gasteiger partial charge in [0.2, 0.25) is 15.9 Å². The third-order valence-electron chi connectivity index (χ3n) is 4.53. The number of nitrogens with one attached hydrogen (secondary N) is 1. The van der Waals surface area contributed by atoms with Crippen molar-refractivity contribution >= 4 is 45.0 Å². The number of hydrogen-bond acceptors (Lipinski definition) is 4. The number of hydrogen-bond donors (Lipinski definition) is 1. The van der Waals surface area contributed by atoms with E-state index in [4.69, 9.17) is 11.6 Å². The van der Waals surface area contributed by atoms with Crippen molar-refractivity contribution in [2.24, 2.45) is 0 Å². The topological polar surface area (TPSA) is 66.5 Å². The molecule has 0 heterocycles. The van der Waals surface area contributed by atoms with Gasteiger partial charge in [0.05, 0.1) is 11.9 Å². The first-order valence-electron chi connectivity index (χ1n) is 8.90. The molecule has 1 saturated carbocycles. The molecule has 0 saturated heterocycles.